The average Bonchev–Trinajstić information content (AvgIpc) is 2.73. The van der Waals surface area contributed by atoms with Crippen LogP contribution in [0.4, 0.5) is 5.82 Å². The summed E-state index contributed by atoms with van der Waals surface area (Å²) in [7, 11) is 0. The van der Waals surface area contributed by atoms with Gasteiger partial charge in [0.2, 0.25) is 5.91 Å². The van der Waals surface area contributed by atoms with Gasteiger partial charge >= 0.3 is 0 Å². The number of benzene rings is 1. The number of hydrogen-bond acceptors (Lipinski definition) is 4. The first kappa shape index (κ1) is 21.8. The molecule has 0 spiro atoms. The van der Waals surface area contributed by atoms with E-state index in [-0.39, 0.29) is 5.92 Å². The summed E-state index contributed by atoms with van der Waals surface area (Å²) in [5.41, 5.74) is 4.87. The standard InChI is InChI=1S/C26H36N4O/c1-5-19(3)24-27-20(4)23(17-21-9-6-8-18(2)16-21)25(28-24)29-12-14-30(15-13-29)26(31)22-10-7-11-22/h6,8-9,16,19,22H,5,7,10-15,17H2,1-4H3/t19-/m0/s1. The highest BCUT2D eigenvalue weighted by atomic mass is 16.2. The molecule has 2 aliphatic rings. The third-order valence-electron chi connectivity index (χ3n) is 7.07. The molecule has 2 aromatic rings. The van der Waals surface area contributed by atoms with Crippen molar-refractivity contribution in [2.75, 3.05) is 31.1 Å². The van der Waals surface area contributed by atoms with Crippen LogP contribution in [0.5, 0.6) is 0 Å². The zero-order chi connectivity index (χ0) is 22.0. The molecule has 1 aromatic carbocycles. The third-order valence-corrected chi connectivity index (χ3v) is 7.07. The number of rotatable bonds is 6. The van der Waals surface area contributed by atoms with Crippen molar-refractivity contribution in [3.63, 3.8) is 0 Å². The highest BCUT2D eigenvalue weighted by molar-refractivity contribution is 5.80. The zero-order valence-electron chi connectivity index (χ0n) is 19.5. The molecule has 1 saturated heterocycles. The predicted octanol–water partition coefficient (Wildman–Crippen LogP) is 4.65. The molecule has 0 bridgehead atoms. The second-order valence-electron chi connectivity index (χ2n) is 9.38. The average molecular weight is 421 g/mol. The Hall–Kier alpha value is -2.43. The molecule has 31 heavy (non-hydrogen) atoms. The molecular weight excluding hydrogens is 384 g/mol. The van der Waals surface area contributed by atoms with Crippen LogP contribution in [-0.2, 0) is 11.2 Å². The van der Waals surface area contributed by atoms with E-state index in [1.54, 1.807) is 0 Å². The number of carbonyl (C=O) groups is 1. The highest BCUT2D eigenvalue weighted by Gasteiger charge is 2.32. The van der Waals surface area contributed by atoms with Crippen LogP contribution in [0.3, 0.4) is 0 Å². The first-order valence-corrected chi connectivity index (χ1v) is 11.9. The third kappa shape index (κ3) is 4.76. The fraction of sp³-hybridized carbons (Fsp3) is 0.577. The van der Waals surface area contributed by atoms with E-state index in [4.69, 9.17) is 9.97 Å². The second-order valence-corrected chi connectivity index (χ2v) is 9.38. The lowest BCUT2D eigenvalue weighted by Crippen LogP contribution is -2.51. The van der Waals surface area contributed by atoms with Gasteiger partial charge in [0.05, 0.1) is 0 Å². The Bertz CT molecular complexity index is 929. The summed E-state index contributed by atoms with van der Waals surface area (Å²) < 4.78 is 0. The summed E-state index contributed by atoms with van der Waals surface area (Å²) in [6, 6.07) is 8.70. The van der Waals surface area contributed by atoms with Gasteiger partial charge in [-0.2, -0.15) is 0 Å². The Morgan fingerprint density at radius 2 is 1.87 bits per heavy atom. The molecule has 4 rings (SSSR count). The van der Waals surface area contributed by atoms with Gasteiger partial charge in [-0.15, -0.1) is 0 Å². The molecule has 0 unspecified atom stereocenters. The monoisotopic (exact) mass is 420 g/mol. The Labute approximate surface area is 186 Å². The lowest BCUT2D eigenvalue weighted by Gasteiger charge is -2.39. The maximum atomic E-state index is 12.7. The van der Waals surface area contributed by atoms with Crippen LogP contribution in [0.2, 0.25) is 0 Å². The minimum atomic E-state index is 0.279. The lowest BCUT2D eigenvalue weighted by atomic mass is 9.84. The SMILES string of the molecule is CC[C@H](C)c1nc(C)c(Cc2cccc(C)c2)c(N2CCN(C(=O)C3CCC3)CC2)n1. The van der Waals surface area contributed by atoms with Crippen LogP contribution in [-0.4, -0.2) is 47.0 Å². The second kappa shape index (κ2) is 9.37. The van der Waals surface area contributed by atoms with E-state index >= 15 is 0 Å². The summed E-state index contributed by atoms with van der Waals surface area (Å²) in [5.74, 6) is 3.00. The molecule has 1 atom stereocenters. The van der Waals surface area contributed by atoms with E-state index in [1.165, 1.54) is 23.1 Å². The maximum absolute atomic E-state index is 12.7. The number of anilines is 1. The highest BCUT2D eigenvalue weighted by Crippen LogP contribution is 2.31. The van der Waals surface area contributed by atoms with Crippen molar-refractivity contribution in [1.29, 1.82) is 0 Å². The quantitative estimate of drug-likeness (QED) is 0.683. The molecule has 1 aliphatic heterocycles. The Kier molecular flexibility index (Phi) is 6.59. The van der Waals surface area contributed by atoms with Crippen LogP contribution in [0, 0.1) is 19.8 Å². The van der Waals surface area contributed by atoms with E-state index in [1.807, 2.05) is 0 Å². The number of hydrogen-bond donors (Lipinski definition) is 0. The smallest absolute Gasteiger partial charge is 0.225 e. The van der Waals surface area contributed by atoms with Crippen LogP contribution < -0.4 is 4.90 Å². The van der Waals surface area contributed by atoms with Crippen molar-refractivity contribution < 1.29 is 4.79 Å². The summed E-state index contributed by atoms with van der Waals surface area (Å²) >= 11 is 0. The van der Waals surface area contributed by atoms with Gasteiger partial charge in [0, 0.05) is 55.7 Å². The minimum Gasteiger partial charge on any atom is -0.353 e. The molecule has 1 saturated carbocycles. The molecule has 5 nitrogen and oxygen atoms in total. The normalized spacial score (nSPS) is 18.1. The van der Waals surface area contributed by atoms with Gasteiger partial charge in [-0.05, 0) is 38.7 Å². The van der Waals surface area contributed by atoms with Crippen LogP contribution >= 0.6 is 0 Å². The molecule has 1 aliphatic carbocycles. The molecule has 1 aromatic heterocycles. The van der Waals surface area contributed by atoms with Crippen molar-refractivity contribution in [2.24, 2.45) is 5.92 Å². The molecule has 2 heterocycles. The molecule has 1 amide bonds. The minimum absolute atomic E-state index is 0.279. The van der Waals surface area contributed by atoms with Crippen molar-refractivity contribution >= 4 is 11.7 Å². The van der Waals surface area contributed by atoms with E-state index in [0.29, 0.717) is 11.8 Å². The van der Waals surface area contributed by atoms with Gasteiger partial charge in [0.25, 0.3) is 0 Å². The molecule has 0 N–H and O–H groups in total. The molecular formula is C26H36N4O. The topological polar surface area (TPSA) is 49.3 Å². The summed E-state index contributed by atoms with van der Waals surface area (Å²) in [5, 5.41) is 0. The Morgan fingerprint density at radius 1 is 1.13 bits per heavy atom. The molecule has 2 fully saturated rings. The Balaban J connectivity index is 1.59. The van der Waals surface area contributed by atoms with Gasteiger partial charge in [-0.1, -0.05) is 50.1 Å². The number of aromatic nitrogens is 2. The van der Waals surface area contributed by atoms with Gasteiger partial charge in [0.15, 0.2) is 0 Å². The molecule has 0 radical (unpaired) electrons. The van der Waals surface area contributed by atoms with E-state index in [0.717, 1.165) is 69.2 Å². The number of carbonyl (C=O) groups excluding carboxylic acids is 1. The van der Waals surface area contributed by atoms with Crippen molar-refractivity contribution in [3.8, 4) is 0 Å². The fourth-order valence-electron chi connectivity index (χ4n) is 4.55. The molecule has 5 heteroatoms. The first-order chi connectivity index (χ1) is 15.0. The van der Waals surface area contributed by atoms with E-state index in [9.17, 15) is 4.79 Å². The predicted molar refractivity (Wildman–Crippen MR) is 126 cm³/mol. The number of aryl methyl sites for hydroxylation is 2. The van der Waals surface area contributed by atoms with Crippen molar-refractivity contribution in [3.05, 3.63) is 52.5 Å². The van der Waals surface area contributed by atoms with Crippen LogP contribution in [0.15, 0.2) is 24.3 Å². The van der Waals surface area contributed by atoms with Gasteiger partial charge < -0.3 is 9.80 Å². The fourth-order valence-corrected chi connectivity index (χ4v) is 4.55. The Morgan fingerprint density at radius 3 is 2.48 bits per heavy atom. The van der Waals surface area contributed by atoms with Gasteiger partial charge in [-0.3, -0.25) is 4.79 Å². The summed E-state index contributed by atoms with van der Waals surface area (Å²) in [6.07, 6.45) is 5.22. The molecule has 166 valence electrons. The summed E-state index contributed by atoms with van der Waals surface area (Å²) in [4.78, 5) is 27.1. The zero-order valence-corrected chi connectivity index (χ0v) is 19.5. The van der Waals surface area contributed by atoms with Crippen molar-refractivity contribution in [1.82, 2.24) is 14.9 Å². The largest absolute Gasteiger partial charge is 0.353 e. The van der Waals surface area contributed by atoms with Crippen LogP contribution in [0.25, 0.3) is 0 Å². The van der Waals surface area contributed by atoms with Gasteiger partial charge in [0.1, 0.15) is 11.6 Å². The van der Waals surface area contributed by atoms with Crippen molar-refractivity contribution in [2.45, 2.75) is 65.7 Å². The number of piperazine rings is 1. The summed E-state index contributed by atoms with van der Waals surface area (Å²) in [6.45, 7) is 11.9. The maximum Gasteiger partial charge on any atom is 0.225 e. The van der Waals surface area contributed by atoms with E-state index in [2.05, 4.69) is 61.8 Å². The van der Waals surface area contributed by atoms with Crippen LogP contribution in [0.1, 0.15) is 73.7 Å². The van der Waals surface area contributed by atoms with E-state index < -0.39 is 0 Å². The number of nitrogens with zero attached hydrogens (tertiary/aromatic N) is 4. The lowest BCUT2D eigenvalue weighted by molar-refractivity contribution is -0.138. The van der Waals surface area contributed by atoms with Gasteiger partial charge in [-0.25, -0.2) is 9.97 Å². The number of amides is 1. The first-order valence-electron chi connectivity index (χ1n) is 11.9.